The first-order valence-electron chi connectivity index (χ1n) is 12.9. The van der Waals surface area contributed by atoms with Crippen LogP contribution in [0.2, 0.25) is 0 Å². The quantitative estimate of drug-likeness (QED) is 0.432. The van der Waals surface area contributed by atoms with Crippen LogP contribution < -0.4 is 20.4 Å². The highest BCUT2D eigenvalue weighted by atomic mass is 32.1. The molecule has 2 aliphatic heterocycles. The third kappa shape index (κ3) is 5.16. The molecule has 2 fully saturated rings. The number of rotatable bonds is 7. The molecule has 1 aliphatic carbocycles. The van der Waals surface area contributed by atoms with Crippen molar-refractivity contribution in [2.75, 3.05) is 34.9 Å². The van der Waals surface area contributed by atoms with E-state index in [4.69, 9.17) is 0 Å². The number of aromatic nitrogens is 5. The highest BCUT2D eigenvalue weighted by Crippen LogP contribution is 2.40. The van der Waals surface area contributed by atoms with Crippen LogP contribution >= 0.6 is 11.3 Å². The predicted octanol–water partition coefficient (Wildman–Crippen LogP) is 4.64. The first-order chi connectivity index (χ1) is 18.7. The van der Waals surface area contributed by atoms with Crippen LogP contribution in [0, 0.1) is 11.8 Å². The molecule has 0 bridgehead atoms. The highest BCUT2D eigenvalue weighted by molar-refractivity contribution is 7.13. The van der Waals surface area contributed by atoms with Crippen molar-refractivity contribution in [3.63, 3.8) is 0 Å². The standard InChI is InChI=1S/C25H28F3N9OS/c1-14-5-6-35(9-14)20-8-29-17(7-19(20)36-10-18(30-12-36)16-3-4-16)23(38)32-21-11-39-24(33-21)22-34-31-13-37(22)15(2)25(26,27)28/h7-8,10-11,13-16,30H,3-6,9,12H2,1-2H3,(H,32,38)/t14?,15-/m0/s1. The van der Waals surface area contributed by atoms with E-state index in [1.807, 2.05) is 0 Å². The molecule has 0 radical (unpaired) electrons. The van der Waals surface area contributed by atoms with Crippen LogP contribution in [-0.2, 0) is 0 Å². The van der Waals surface area contributed by atoms with Gasteiger partial charge in [0.15, 0.2) is 10.8 Å². The van der Waals surface area contributed by atoms with Crippen molar-refractivity contribution in [1.82, 2.24) is 30.0 Å². The molecule has 1 amide bonds. The van der Waals surface area contributed by atoms with E-state index >= 15 is 0 Å². The summed E-state index contributed by atoms with van der Waals surface area (Å²) in [5, 5.41) is 15.4. The monoisotopic (exact) mass is 559 g/mol. The number of carbonyl (C=O) groups is 1. The van der Waals surface area contributed by atoms with Crippen molar-refractivity contribution in [2.45, 2.75) is 45.3 Å². The molecule has 5 heterocycles. The van der Waals surface area contributed by atoms with Crippen LogP contribution in [-0.4, -0.2) is 56.6 Å². The molecule has 0 aromatic carbocycles. The van der Waals surface area contributed by atoms with Gasteiger partial charge in [-0.05, 0) is 38.2 Å². The molecule has 3 aromatic rings. The molecule has 39 heavy (non-hydrogen) atoms. The van der Waals surface area contributed by atoms with Crippen molar-refractivity contribution < 1.29 is 18.0 Å². The van der Waals surface area contributed by atoms with Crippen LogP contribution in [0.1, 0.15) is 49.6 Å². The molecule has 14 heteroatoms. The summed E-state index contributed by atoms with van der Waals surface area (Å²) in [5.74, 6) is 0.888. The fraction of sp³-hybridized carbons (Fsp3) is 0.480. The zero-order valence-electron chi connectivity index (χ0n) is 21.4. The number of alkyl halides is 3. The molecule has 10 nitrogen and oxygen atoms in total. The molecule has 3 aromatic heterocycles. The van der Waals surface area contributed by atoms with Crippen molar-refractivity contribution in [1.29, 1.82) is 0 Å². The van der Waals surface area contributed by atoms with E-state index in [9.17, 15) is 18.0 Å². The number of halogens is 3. The number of pyridine rings is 1. The van der Waals surface area contributed by atoms with Gasteiger partial charge in [-0.1, -0.05) is 6.92 Å². The number of nitrogens with one attached hydrogen (secondary N) is 2. The maximum Gasteiger partial charge on any atom is 0.408 e. The van der Waals surface area contributed by atoms with Crippen LogP contribution in [0.4, 0.5) is 30.4 Å². The summed E-state index contributed by atoms with van der Waals surface area (Å²) in [6.45, 7) is 5.74. The molecule has 3 aliphatic rings. The lowest BCUT2D eigenvalue weighted by Crippen LogP contribution is -2.27. The third-order valence-corrected chi connectivity index (χ3v) is 8.17. The normalized spacial score (nSPS) is 20.2. The van der Waals surface area contributed by atoms with E-state index in [0.29, 0.717) is 18.5 Å². The van der Waals surface area contributed by atoms with Gasteiger partial charge in [0.05, 0.1) is 24.2 Å². The Hall–Kier alpha value is -3.68. The van der Waals surface area contributed by atoms with Gasteiger partial charge in [-0.25, -0.2) is 9.97 Å². The molecular weight excluding hydrogens is 531 g/mol. The Morgan fingerprint density at radius 1 is 1.26 bits per heavy atom. The van der Waals surface area contributed by atoms with Gasteiger partial charge in [-0.15, -0.1) is 21.5 Å². The number of nitrogens with zero attached hydrogens (tertiary/aromatic N) is 7. The van der Waals surface area contributed by atoms with Crippen LogP contribution in [0.15, 0.2) is 35.9 Å². The number of thiazole rings is 1. The number of carbonyl (C=O) groups excluding carboxylic acids is 1. The minimum Gasteiger partial charge on any atom is -0.369 e. The Morgan fingerprint density at radius 2 is 2.08 bits per heavy atom. The van der Waals surface area contributed by atoms with Gasteiger partial charge in [-0.2, -0.15) is 13.2 Å². The van der Waals surface area contributed by atoms with Gasteiger partial charge in [0, 0.05) is 36.3 Å². The number of hydrogen-bond donors (Lipinski definition) is 2. The molecular formula is C25H28F3N9OS. The molecule has 6 rings (SSSR count). The van der Waals surface area contributed by atoms with Crippen LogP contribution in [0.5, 0.6) is 0 Å². The second-order valence-corrected chi connectivity index (χ2v) is 11.2. The van der Waals surface area contributed by atoms with E-state index in [0.717, 1.165) is 60.0 Å². The summed E-state index contributed by atoms with van der Waals surface area (Å²) in [7, 11) is 0. The number of allylic oxidation sites excluding steroid dienone is 1. The smallest absolute Gasteiger partial charge is 0.369 e. The molecule has 206 valence electrons. The zero-order valence-corrected chi connectivity index (χ0v) is 22.3. The number of amides is 1. The molecule has 2 N–H and O–H groups in total. The Labute approximate surface area is 226 Å². The predicted molar refractivity (Wildman–Crippen MR) is 141 cm³/mol. The summed E-state index contributed by atoms with van der Waals surface area (Å²) >= 11 is 1.07. The summed E-state index contributed by atoms with van der Waals surface area (Å²) < 4.78 is 40.7. The third-order valence-electron chi connectivity index (χ3n) is 7.34. The summed E-state index contributed by atoms with van der Waals surface area (Å²) in [6.07, 6.45) is 3.92. The second-order valence-electron chi connectivity index (χ2n) is 10.3. The van der Waals surface area contributed by atoms with Gasteiger partial charge >= 0.3 is 6.18 Å². The first-order valence-corrected chi connectivity index (χ1v) is 13.8. The Balaban J connectivity index is 1.24. The number of anilines is 3. The maximum atomic E-state index is 13.3. The summed E-state index contributed by atoms with van der Waals surface area (Å²) in [5.41, 5.74) is 3.33. The van der Waals surface area contributed by atoms with Gasteiger partial charge in [-0.3, -0.25) is 9.36 Å². The van der Waals surface area contributed by atoms with Gasteiger partial charge in [0.2, 0.25) is 0 Å². The highest BCUT2D eigenvalue weighted by Gasteiger charge is 2.39. The van der Waals surface area contributed by atoms with Gasteiger partial charge < -0.3 is 20.4 Å². The fourth-order valence-corrected chi connectivity index (χ4v) is 5.61. The average molecular weight is 560 g/mol. The Kier molecular flexibility index (Phi) is 6.44. The molecule has 0 spiro atoms. The largest absolute Gasteiger partial charge is 0.408 e. The maximum absolute atomic E-state index is 13.3. The van der Waals surface area contributed by atoms with E-state index in [1.54, 1.807) is 17.6 Å². The first kappa shape index (κ1) is 25.6. The van der Waals surface area contributed by atoms with Crippen molar-refractivity contribution in [3.05, 3.63) is 41.6 Å². The lowest BCUT2D eigenvalue weighted by atomic mass is 10.2. The SMILES string of the molecule is CC1CCN(c2cnc(C(=O)Nc3csc(-c4nncn4[C@@H](C)C(F)(F)F)n3)cc2N2C=C(C3CC3)NC2)C1. The molecule has 2 atom stereocenters. The van der Waals surface area contributed by atoms with E-state index < -0.39 is 18.1 Å². The lowest BCUT2D eigenvalue weighted by Gasteiger charge is -2.26. The van der Waals surface area contributed by atoms with Gasteiger partial charge in [0.1, 0.15) is 23.9 Å². The fourth-order valence-electron chi connectivity index (χ4n) is 4.87. The van der Waals surface area contributed by atoms with Crippen LogP contribution in [0.3, 0.4) is 0 Å². The zero-order chi connectivity index (χ0) is 27.3. The van der Waals surface area contributed by atoms with Crippen molar-refractivity contribution in [2.24, 2.45) is 11.8 Å². The Bertz CT molecular complexity index is 1410. The van der Waals surface area contributed by atoms with Gasteiger partial charge in [0.25, 0.3) is 5.91 Å². The van der Waals surface area contributed by atoms with Crippen molar-refractivity contribution >= 4 is 34.4 Å². The Morgan fingerprint density at radius 3 is 2.79 bits per heavy atom. The minimum atomic E-state index is -4.46. The topological polar surface area (TPSA) is 104 Å². The van der Waals surface area contributed by atoms with Crippen molar-refractivity contribution in [3.8, 4) is 10.8 Å². The number of hydrogen-bond acceptors (Lipinski definition) is 9. The summed E-state index contributed by atoms with van der Waals surface area (Å²) in [6, 6.07) is -0.0323. The minimum absolute atomic E-state index is 0.0188. The average Bonchev–Trinajstić information content (AvgIpc) is 3.34. The molecule has 1 unspecified atom stereocenters. The van der Waals surface area contributed by atoms with E-state index in [2.05, 4.69) is 53.7 Å². The molecule has 1 saturated carbocycles. The second kappa shape index (κ2) is 9.81. The lowest BCUT2D eigenvalue weighted by molar-refractivity contribution is -0.162. The van der Waals surface area contributed by atoms with Crippen LogP contribution in [0.25, 0.3) is 10.8 Å². The summed E-state index contributed by atoms with van der Waals surface area (Å²) in [4.78, 5) is 26.4. The molecule has 1 saturated heterocycles. The van der Waals surface area contributed by atoms with E-state index in [-0.39, 0.29) is 22.3 Å². The van der Waals surface area contributed by atoms with E-state index in [1.165, 1.54) is 18.5 Å².